The van der Waals surface area contributed by atoms with Crippen LogP contribution >= 0.6 is 0 Å². The summed E-state index contributed by atoms with van der Waals surface area (Å²) in [5, 5.41) is 2.45. The topological polar surface area (TPSA) is 36.9 Å². The van der Waals surface area contributed by atoms with Gasteiger partial charge in [-0.15, -0.1) is 0 Å². The van der Waals surface area contributed by atoms with Crippen molar-refractivity contribution in [2.24, 2.45) is 0 Å². The maximum absolute atomic E-state index is 6.83. The van der Waals surface area contributed by atoms with Gasteiger partial charge < -0.3 is 17.1 Å². The molecule has 0 heterocycles. The molecule has 4 nitrogen and oxygen atoms in total. The SMILES string of the molecule is CO[Si](C)(OC)O[Si](C)(C)O[Si](C)(c1ccccc1)c1ccccc1. The quantitative estimate of drug-likeness (QED) is 0.647. The van der Waals surface area contributed by atoms with Gasteiger partial charge in [0.15, 0.2) is 0 Å². The Hall–Kier alpha value is -1.07. The van der Waals surface area contributed by atoms with Crippen molar-refractivity contribution >= 4 is 36.1 Å². The Bertz CT molecular complexity index is 621. The van der Waals surface area contributed by atoms with Gasteiger partial charge in [-0.2, -0.15) is 0 Å². The Morgan fingerprint density at radius 1 is 0.600 bits per heavy atom. The third-order valence-corrected chi connectivity index (χ3v) is 15.7. The average Bonchev–Trinajstić information content (AvgIpc) is 2.62. The van der Waals surface area contributed by atoms with Gasteiger partial charge in [0, 0.05) is 20.8 Å². The highest BCUT2D eigenvalue weighted by Crippen LogP contribution is 2.21. The first kappa shape index (κ1) is 20.2. The highest BCUT2D eigenvalue weighted by molar-refractivity contribution is 7.01. The largest absolute Gasteiger partial charge is 0.488 e. The van der Waals surface area contributed by atoms with Crippen molar-refractivity contribution in [2.45, 2.75) is 26.2 Å². The molecule has 0 atom stereocenters. The Kier molecular flexibility index (Phi) is 6.55. The Labute approximate surface area is 154 Å². The molecule has 0 spiro atoms. The molecule has 0 bridgehead atoms. The number of rotatable bonds is 8. The van der Waals surface area contributed by atoms with Crippen molar-refractivity contribution in [3.05, 3.63) is 60.7 Å². The minimum absolute atomic E-state index is 1.23. The van der Waals surface area contributed by atoms with Gasteiger partial charge in [-0.05, 0) is 30.0 Å². The summed E-state index contributed by atoms with van der Waals surface area (Å²) in [6, 6.07) is 20.9. The van der Waals surface area contributed by atoms with Gasteiger partial charge in [-0.3, -0.25) is 0 Å². The molecule has 0 aliphatic rings. The lowest BCUT2D eigenvalue weighted by atomic mass is 10.4. The van der Waals surface area contributed by atoms with Crippen LogP contribution in [0, 0.1) is 0 Å². The van der Waals surface area contributed by atoms with E-state index in [0.717, 1.165) is 0 Å². The summed E-state index contributed by atoms with van der Waals surface area (Å²) in [5.74, 6) is 0. The molecule has 2 aromatic carbocycles. The van der Waals surface area contributed by atoms with E-state index in [9.17, 15) is 0 Å². The maximum Gasteiger partial charge on any atom is 0.488 e. The molecule has 0 amide bonds. The van der Waals surface area contributed by atoms with Crippen molar-refractivity contribution in [3.8, 4) is 0 Å². The zero-order valence-corrected chi connectivity index (χ0v) is 18.9. The molecular weight excluding hydrogens is 364 g/mol. The summed E-state index contributed by atoms with van der Waals surface area (Å²) < 4.78 is 24.2. The summed E-state index contributed by atoms with van der Waals surface area (Å²) in [4.78, 5) is 0. The van der Waals surface area contributed by atoms with E-state index in [1.54, 1.807) is 14.2 Å². The van der Waals surface area contributed by atoms with E-state index in [1.807, 2.05) is 18.7 Å². The second-order valence-electron chi connectivity index (χ2n) is 6.64. The Balaban J connectivity index is 2.41. The van der Waals surface area contributed by atoms with Crippen LogP contribution in [0.1, 0.15) is 0 Å². The van der Waals surface area contributed by atoms with Crippen LogP contribution in [-0.4, -0.2) is 39.9 Å². The fourth-order valence-corrected chi connectivity index (χ4v) is 14.7. The molecule has 25 heavy (non-hydrogen) atoms. The normalized spacial score (nSPS) is 13.0. The molecule has 0 aliphatic heterocycles. The Morgan fingerprint density at radius 2 is 1.00 bits per heavy atom. The summed E-state index contributed by atoms with van der Waals surface area (Å²) in [6.07, 6.45) is 0. The average molecular weight is 393 g/mol. The lowest BCUT2D eigenvalue weighted by Crippen LogP contribution is -2.65. The molecule has 0 unspecified atom stereocenters. The van der Waals surface area contributed by atoms with E-state index < -0.39 is 25.7 Å². The predicted molar refractivity (Wildman–Crippen MR) is 109 cm³/mol. The van der Waals surface area contributed by atoms with Gasteiger partial charge in [0.25, 0.3) is 0 Å². The minimum atomic E-state index is -2.68. The number of hydrogen-bond donors (Lipinski definition) is 0. The van der Waals surface area contributed by atoms with Crippen LogP contribution < -0.4 is 10.4 Å². The van der Waals surface area contributed by atoms with Crippen LogP contribution in [0.4, 0.5) is 0 Å². The van der Waals surface area contributed by atoms with Crippen LogP contribution in [0.25, 0.3) is 0 Å². The summed E-state index contributed by atoms with van der Waals surface area (Å²) >= 11 is 0. The molecule has 0 aliphatic carbocycles. The van der Waals surface area contributed by atoms with E-state index in [2.05, 4.69) is 68.2 Å². The first-order valence-electron chi connectivity index (χ1n) is 8.36. The van der Waals surface area contributed by atoms with Crippen LogP contribution in [0.5, 0.6) is 0 Å². The van der Waals surface area contributed by atoms with Crippen molar-refractivity contribution in [2.75, 3.05) is 14.2 Å². The lowest BCUT2D eigenvalue weighted by molar-refractivity contribution is 0.154. The first-order valence-corrected chi connectivity index (χ1v) is 15.8. The van der Waals surface area contributed by atoms with Crippen LogP contribution in [0.3, 0.4) is 0 Å². The fraction of sp³-hybridized carbons (Fsp3) is 0.333. The van der Waals surface area contributed by atoms with Gasteiger partial charge in [0.2, 0.25) is 8.32 Å². The molecule has 0 saturated heterocycles. The highest BCUT2D eigenvalue weighted by Gasteiger charge is 2.47. The van der Waals surface area contributed by atoms with Crippen LogP contribution in [-0.2, 0) is 17.1 Å². The second-order valence-corrected chi connectivity index (χ2v) is 16.8. The van der Waals surface area contributed by atoms with E-state index in [1.165, 1.54) is 10.4 Å². The summed E-state index contributed by atoms with van der Waals surface area (Å²) in [6.45, 7) is 8.25. The van der Waals surface area contributed by atoms with Crippen molar-refractivity contribution in [1.29, 1.82) is 0 Å². The molecule has 0 fully saturated rings. The fourth-order valence-electron chi connectivity index (χ4n) is 2.92. The van der Waals surface area contributed by atoms with Crippen LogP contribution in [0.15, 0.2) is 60.7 Å². The van der Waals surface area contributed by atoms with Gasteiger partial charge in [-0.1, -0.05) is 60.7 Å². The van der Waals surface area contributed by atoms with Crippen LogP contribution in [0.2, 0.25) is 26.2 Å². The van der Waals surface area contributed by atoms with E-state index in [4.69, 9.17) is 17.1 Å². The van der Waals surface area contributed by atoms with Gasteiger partial charge in [0.05, 0.1) is 0 Å². The highest BCUT2D eigenvalue weighted by atomic mass is 28.5. The zero-order chi connectivity index (χ0) is 18.6. The summed E-state index contributed by atoms with van der Waals surface area (Å²) in [5.41, 5.74) is 0. The van der Waals surface area contributed by atoms with Gasteiger partial charge in [0.1, 0.15) is 0 Å². The third kappa shape index (κ3) is 4.98. The van der Waals surface area contributed by atoms with Crippen molar-refractivity contribution < 1.29 is 17.1 Å². The van der Waals surface area contributed by atoms with Crippen molar-refractivity contribution in [3.63, 3.8) is 0 Å². The van der Waals surface area contributed by atoms with Gasteiger partial charge in [-0.25, -0.2) is 0 Å². The molecule has 136 valence electrons. The second kappa shape index (κ2) is 8.09. The molecule has 2 aromatic rings. The number of hydrogen-bond acceptors (Lipinski definition) is 4. The molecule has 7 heteroatoms. The molecule has 0 saturated carbocycles. The van der Waals surface area contributed by atoms with E-state index in [0.29, 0.717) is 0 Å². The number of benzene rings is 2. The molecular formula is C18H28O4Si3. The van der Waals surface area contributed by atoms with Gasteiger partial charge >= 0.3 is 17.4 Å². The standard InChI is InChI=1S/C18H28O4Si3/c1-19-25(6,20-2)22-23(3,4)21-24(5,17-13-9-7-10-14-17)18-15-11-8-12-16-18/h7-16H,1-6H3. The molecule has 0 radical (unpaired) electrons. The lowest BCUT2D eigenvalue weighted by Gasteiger charge is -2.39. The third-order valence-electron chi connectivity index (χ3n) is 4.27. The minimum Gasteiger partial charge on any atom is -0.429 e. The summed E-state index contributed by atoms with van der Waals surface area (Å²) in [7, 11) is -4.34. The zero-order valence-electron chi connectivity index (χ0n) is 15.9. The van der Waals surface area contributed by atoms with Crippen molar-refractivity contribution in [1.82, 2.24) is 0 Å². The van der Waals surface area contributed by atoms with E-state index in [-0.39, 0.29) is 0 Å². The smallest absolute Gasteiger partial charge is 0.429 e. The Morgan fingerprint density at radius 3 is 1.36 bits per heavy atom. The van der Waals surface area contributed by atoms with E-state index >= 15 is 0 Å². The first-order chi connectivity index (χ1) is 11.7. The molecule has 0 aromatic heterocycles. The monoisotopic (exact) mass is 392 g/mol. The molecule has 2 rings (SSSR count). The molecule has 0 N–H and O–H groups in total. The predicted octanol–water partition coefficient (Wildman–Crippen LogP) is 2.97. The maximum atomic E-state index is 6.83.